The first-order chi connectivity index (χ1) is 6.36. The van der Waals surface area contributed by atoms with E-state index in [0.717, 1.165) is 16.6 Å². The highest BCUT2D eigenvalue weighted by atomic mass is 28.1. The van der Waals surface area contributed by atoms with Crippen LogP contribution in [0.5, 0.6) is 0 Å². The maximum atomic E-state index is 4.24. The quantitative estimate of drug-likeness (QED) is 0.615. The minimum atomic E-state index is 0.891. The molecule has 2 heterocycles. The molecular formula is C10H7N2Si. The maximum absolute atomic E-state index is 4.24. The molecule has 2 aromatic rings. The Morgan fingerprint density at radius 1 is 0.923 bits per heavy atom. The number of rotatable bonds is 1. The van der Waals surface area contributed by atoms with Crippen LogP contribution in [0.15, 0.2) is 42.7 Å². The number of nitrogens with zero attached hydrogens (tertiary/aromatic N) is 2. The lowest BCUT2D eigenvalue weighted by Crippen LogP contribution is -2.02. The van der Waals surface area contributed by atoms with Crippen LogP contribution < -0.4 is 5.19 Å². The summed E-state index contributed by atoms with van der Waals surface area (Å²) < 4.78 is 0. The zero-order valence-electron chi connectivity index (χ0n) is 6.94. The van der Waals surface area contributed by atoms with Crippen LogP contribution in [0.2, 0.25) is 0 Å². The van der Waals surface area contributed by atoms with Crippen LogP contribution in [0.1, 0.15) is 0 Å². The Bertz CT molecular complexity index is 383. The predicted octanol–water partition coefficient (Wildman–Crippen LogP) is 0.937. The number of aromatic nitrogens is 2. The summed E-state index contributed by atoms with van der Waals surface area (Å²) in [7, 11) is 3.38. The fraction of sp³-hybridized carbons (Fsp3) is 0. The summed E-state index contributed by atoms with van der Waals surface area (Å²) in [4.78, 5) is 8.44. The SMILES string of the molecule is [Si]c1ccc(-c2ccccn2)nc1. The van der Waals surface area contributed by atoms with Gasteiger partial charge in [-0.25, -0.2) is 0 Å². The first kappa shape index (κ1) is 8.13. The van der Waals surface area contributed by atoms with E-state index in [1.54, 1.807) is 12.4 Å². The van der Waals surface area contributed by atoms with E-state index >= 15 is 0 Å². The lowest BCUT2D eigenvalue weighted by atomic mass is 10.2. The van der Waals surface area contributed by atoms with Gasteiger partial charge in [-0.15, -0.1) is 0 Å². The molecule has 0 aliphatic heterocycles. The van der Waals surface area contributed by atoms with Gasteiger partial charge in [0.05, 0.1) is 21.6 Å². The molecule has 0 spiro atoms. The normalized spacial score (nSPS) is 9.92. The van der Waals surface area contributed by atoms with E-state index in [0.29, 0.717) is 0 Å². The van der Waals surface area contributed by atoms with E-state index in [9.17, 15) is 0 Å². The summed E-state index contributed by atoms with van der Waals surface area (Å²) >= 11 is 0. The van der Waals surface area contributed by atoms with Crippen molar-refractivity contribution >= 4 is 15.4 Å². The third-order valence-electron chi connectivity index (χ3n) is 1.69. The largest absolute Gasteiger partial charge is 0.255 e. The Balaban J connectivity index is 2.42. The van der Waals surface area contributed by atoms with Gasteiger partial charge in [-0.1, -0.05) is 12.1 Å². The number of hydrogen-bond acceptors (Lipinski definition) is 2. The predicted molar refractivity (Wildman–Crippen MR) is 52.9 cm³/mol. The standard InChI is InChI=1S/C10H7N2Si/c13-8-4-5-10(12-7-8)9-3-1-2-6-11-9/h1-7H. The van der Waals surface area contributed by atoms with Gasteiger partial charge in [0.15, 0.2) is 0 Å². The van der Waals surface area contributed by atoms with Gasteiger partial charge in [0, 0.05) is 12.4 Å². The Morgan fingerprint density at radius 2 is 1.77 bits per heavy atom. The zero-order valence-corrected chi connectivity index (χ0v) is 7.94. The van der Waals surface area contributed by atoms with Crippen molar-refractivity contribution in [3.05, 3.63) is 42.7 Å². The van der Waals surface area contributed by atoms with Crippen LogP contribution in [-0.2, 0) is 0 Å². The summed E-state index contributed by atoms with van der Waals surface area (Å²) in [6, 6.07) is 9.67. The summed E-state index contributed by atoms with van der Waals surface area (Å²) in [5, 5.41) is 0.972. The van der Waals surface area contributed by atoms with E-state index in [1.807, 2.05) is 30.3 Å². The van der Waals surface area contributed by atoms with Crippen molar-refractivity contribution in [2.45, 2.75) is 0 Å². The van der Waals surface area contributed by atoms with Crippen molar-refractivity contribution in [3.8, 4) is 11.4 Å². The monoisotopic (exact) mass is 183 g/mol. The Labute approximate surface area is 80.1 Å². The molecule has 0 unspecified atom stereocenters. The van der Waals surface area contributed by atoms with Gasteiger partial charge < -0.3 is 0 Å². The van der Waals surface area contributed by atoms with Crippen LogP contribution >= 0.6 is 0 Å². The summed E-state index contributed by atoms with van der Waals surface area (Å²) in [5.41, 5.74) is 1.79. The minimum Gasteiger partial charge on any atom is -0.255 e. The molecule has 0 fully saturated rings. The van der Waals surface area contributed by atoms with Crippen molar-refractivity contribution in [1.29, 1.82) is 0 Å². The molecule has 3 heteroatoms. The molecule has 3 radical (unpaired) electrons. The number of hydrogen-bond donors (Lipinski definition) is 0. The summed E-state index contributed by atoms with van der Waals surface area (Å²) in [6.45, 7) is 0. The van der Waals surface area contributed by atoms with Crippen molar-refractivity contribution < 1.29 is 0 Å². The minimum absolute atomic E-state index is 0.891. The molecule has 0 atom stereocenters. The first-order valence-corrected chi connectivity index (χ1v) is 4.45. The second kappa shape index (κ2) is 3.49. The molecular weight excluding hydrogens is 176 g/mol. The van der Waals surface area contributed by atoms with Crippen molar-refractivity contribution in [1.82, 2.24) is 9.97 Å². The fourth-order valence-corrected chi connectivity index (χ4v) is 1.21. The van der Waals surface area contributed by atoms with E-state index in [1.165, 1.54) is 0 Å². The molecule has 0 bridgehead atoms. The Kier molecular flexibility index (Phi) is 2.18. The van der Waals surface area contributed by atoms with Gasteiger partial charge in [0.25, 0.3) is 0 Å². The molecule has 0 aliphatic rings. The average molecular weight is 183 g/mol. The summed E-state index contributed by atoms with van der Waals surface area (Å²) in [6.07, 6.45) is 3.53. The highest BCUT2D eigenvalue weighted by Gasteiger charge is 1.97. The summed E-state index contributed by atoms with van der Waals surface area (Å²) in [5.74, 6) is 0. The third-order valence-corrected chi connectivity index (χ3v) is 1.99. The van der Waals surface area contributed by atoms with Crippen molar-refractivity contribution in [2.75, 3.05) is 0 Å². The van der Waals surface area contributed by atoms with E-state index in [2.05, 4.69) is 20.2 Å². The second-order valence-corrected chi connectivity index (χ2v) is 3.22. The molecule has 0 saturated heterocycles. The lowest BCUT2D eigenvalue weighted by molar-refractivity contribution is 1.25. The van der Waals surface area contributed by atoms with Gasteiger partial charge in [0.2, 0.25) is 0 Å². The first-order valence-electron chi connectivity index (χ1n) is 3.95. The number of pyridine rings is 2. The van der Waals surface area contributed by atoms with E-state index in [4.69, 9.17) is 0 Å². The van der Waals surface area contributed by atoms with Crippen molar-refractivity contribution in [2.24, 2.45) is 0 Å². The molecule has 0 saturated carbocycles. The lowest BCUT2D eigenvalue weighted by Gasteiger charge is -1.98. The van der Waals surface area contributed by atoms with E-state index in [-0.39, 0.29) is 0 Å². The molecule has 0 aliphatic carbocycles. The van der Waals surface area contributed by atoms with Crippen LogP contribution in [-0.4, -0.2) is 20.2 Å². The molecule has 13 heavy (non-hydrogen) atoms. The maximum Gasteiger partial charge on any atom is 0.0886 e. The highest BCUT2D eigenvalue weighted by molar-refractivity contribution is 6.32. The average Bonchev–Trinajstić information content (AvgIpc) is 2.20. The van der Waals surface area contributed by atoms with Gasteiger partial charge in [-0.05, 0) is 23.4 Å². The van der Waals surface area contributed by atoms with Crippen LogP contribution in [0.25, 0.3) is 11.4 Å². The zero-order chi connectivity index (χ0) is 9.10. The fourth-order valence-electron chi connectivity index (χ4n) is 1.06. The topological polar surface area (TPSA) is 25.8 Å². The van der Waals surface area contributed by atoms with Gasteiger partial charge in [0.1, 0.15) is 0 Å². The van der Waals surface area contributed by atoms with Gasteiger partial charge in [-0.2, -0.15) is 0 Å². The molecule has 2 aromatic heterocycles. The second-order valence-electron chi connectivity index (χ2n) is 2.65. The molecule has 0 amide bonds. The molecule has 0 N–H and O–H groups in total. The Hall–Kier alpha value is -1.48. The van der Waals surface area contributed by atoms with Gasteiger partial charge in [-0.3, -0.25) is 9.97 Å². The molecule has 2 rings (SSSR count). The highest BCUT2D eigenvalue weighted by Crippen LogP contribution is 2.10. The molecule has 2 nitrogen and oxygen atoms in total. The van der Waals surface area contributed by atoms with E-state index < -0.39 is 0 Å². The van der Waals surface area contributed by atoms with Gasteiger partial charge >= 0.3 is 0 Å². The van der Waals surface area contributed by atoms with Crippen LogP contribution in [0, 0.1) is 0 Å². The van der Waals surface area contributed by atoms with Crippen LogP contribution in [0.3, 0.4) is 0 Å². The Morgan fingerprint density at radius 3 is 2.38 bits per heavy atom. The smallest absolute Gasteiger partial charge is 0.0886 e. The van der Waals surface area contributed by atoms with Crippen LogP contribution in [0.4, 0.5) is 0 Å². The molecule has 61 valence electrons. The van der Waals surface area contributed by atoms with Crippen molar-refractivity contribution in [3.63, 3.8) is 0 Å². The molecule has 0 aromatic carbocycles. The third kappa shape index (κ3) is 1.81.